The number of carbonyl (C=O) groups excluding carboxylic acids is 2. The molecule has 6 rings (SSSR count). The van der Waals surface area contributed by atoms with Crippen molar-refractivity contribution in [3.05, 3.63) is 39.3 Å². The van der Waals surface area contributed by atoms with E-state index < -0.39 is 0 Å². The summed E-state index contributed by atoms with van der Waals surface area (Å²) in [6, 6.07) is 4.48. The fourth-order valence-corrected chi connectivity index (χ4v) is 8.84. The summed E-state index contributed by atoms with van der Waals surface area (Å²) in [6.07, 6.45) is 9.88. The van der Waals surface area contributed by atoms with Crippen LogP contribution in [-0.2, 0) is 4.79 Å². The topological polar surface area (TPSA) is 93.7 Å². The number of carbonyl (C=O) groups is 2. The number of piperazine rings is 1. The zero-order valence-electron chi connectivity index (χ0n) is 24.3. The summed E-state index contributed by atoms with van der Waals surface area (Å²) in [4.78, 5) is 42.3. The van der Waals surface area contributed by atoms with Crippen molar-refractivity contribution in [3.63, 3.8) is 0 Å². The Morgan fingerprint density at radius 1 is 0.953 bits per heavy atom. The molecule has 0 atom stereocenters. The van der Waals surface area contributed by atoms with Crippen LogP contribution in [0.4, 0.5) is 16.0 Å². The van der Waals surface area contributed by atoms with Crippen LogP contribution < -0.4 is 20.4 Å². The van der Waals surface area contributed by atoms with Crippen LogP contribution in [0.25, 0.3) is 10.6 Å². The monoisotopic (exact) mass is 661 g/mol. The summed E-state index contributed by atoms with van der Waals surface area (Å²) < 4.78 is 0. The highest BCUT2D eigenvalue weighted by Gasteiger charge is 2.29. The summed E-state index contributed by atoms with van der Waals surface area (Å²) in [5.74, 6) is 0.338. The van der Waals surface area contributed by atoms with Gasteiger partial charge in [-0.2, -0.15) is 0 Å². The van der Waals surface area contributed by atoms with Gasteiger partial charge in [-0.25, -0.2) is 9.97 Å². The average Bonchev–Trinajstić information content (AvgIpc) is 3.64. The molecule has 0 aromatic carbocycles. The van der Waals surface area contributed by atoms with Crippen LogP contribution in [-0.4, -0.2) is 78.0 Å². The number of thiazole rings is 1. The van der Waals surface area contributed by atoms with E-state index in [9.17, 15) is 9.59 Å². The van der Waals surface area contributed by atoms with Crippen molar-refractivity contribution >= 4 is 73.6 Å². The second-order valence-electron chi connectivity index (χ2n) is 11.6. The van der Waals surface area contributed by atoms with Gasteiger partial charge in [-0.3, -0.25) is 19.8 Å². The second-order valence-corrected chi connectivity index (χ2v) is 14.3. The molecule has 13 heteroatoms. The number of nitrogens with one attached hydrogen (secondary N) is 2. The average molecular weight is 663 g/mol. The van der Waals surface area contributed by atoms with Crippen LogP contribution >= 0.6 is 45.9 Å². The number of nitrogens with zero attached hydrogens (tertiary/aromatic N) is 5. The fourth-order valence-electron chi connectivity index (χ4n) is 6.39. The molecule has 0 spiro atoms. The van der Waals surface area contributed by atoms with Gasteiger partial charge in [0.15, 0.2) is 5.13 Å². The third-order valence-electron chi connectivity index (χ3n) is 8.61. The number of aromatic nitrogens is 2. The lowest BCUT2D eigenvalue weighted by molar-refractivity contribution is -0.119. The Morgan fingerprint density at radius 2 is 1.70 bits per heavy atom. The molecule has 3 aliphatic rings. The smallest absolute Gasteiger partial charge is 0.259 e. The van der Waals surface area contributed by atoms with E-state index in [-0.39, 0.29) is 17.9 Å². The van der Waals surface area contributed by atoms with Gasteiger partial charge in [0.2, 0.25) is 5.91 Å². The first-order valence-electron chi connectivity index (χ1n) is 15.1. The molecule has 2 aliphatic heterocycles. The molecule has 0 radical (unpaired) electrons. The first-order chi connectivity index (χ1) is 20.8. The highest BCUT2D eigenvalue weighted by molar-refractivity contribution is 7.21. The van der Waals surface area contributed by atoms with Crippen molar-refractivity contribution in [1.29, 1.82) is 0 Å². The predicted octanol–water partition coefficient (Wildman–Crippen LogP) is 6.39. The summed E-state index contributed by atoms with van der Waals surface area (Å²) in [5.41, 5.74) is 1.23. The maximum atomic E-state index is 13.3. The van der Waals surface area contributed by atoms with Gasteiger partial charge in [0.1, 0.15) is 16.5 Å². The van der Waals surface area contributed by atoms with Crippen molar-refractivity contribution in [1.82, 2.24) is 20.2 Å². The molecule has 3 aromatic heterocycles. The van der Waals surface area contributed by atoms with Crippen LogP contribution in [0.5, 0.6) is 0 Å². The molecular formula is C30H37Cl2N7O2S2. The van der Waals surface area contributed by atoms with Crippen LogP contribution in [0.1, 0.15) is 62.2 Å². The molecule has 2 amide bonds. The lowest BCUT2D eigenvalue weighted by Gasteiger charge is -2.41. The normalized spacial score (nSPS) is 19.0. The number of amides is 2. The summed E-state index contributed by atoms with van der Waals surface area (Å²) in [5, 5.41) is 10.6. The molecule has 5 heterocycles. The number of hydrogen-bond donors (Lipinski definition) is 2. The first-order valence-corrected chi connectivity index (χ1v) is 17.5. The Morgan fingerprint density at radius 3 is 2.35 bits per heavy atom. The van der Waals surface area contributed by atoms with Gasteiger partial charge in [0.05, 0.1) is 20.5 Å². The molecule has 1 saturated carbocycles. The van der Waals surface area contributed by atoms with Crippen LogP contribution in [0, 0.1) is 0 Å². The lowest BCUT2D eigenvalue weighted by atomic mass is 9.94. The molecule has 0 unspecified atom stereocenters. The number of anilines is 3. The third kappa shape index (κ3) is 7.28. The Labute approximate surface area is 270 Å². The summed E-state index contributed by atoms with van der Waals surface area (Å²) in [6.45, 7) is 6.94. The Kier molecular flexibility index (Phi) is 9.73. The third-order valence-corrected chi connectivity index (χ3v) is 11.2. The van der Waals surface area contributed by atoms with Gasteiger partial charge in [0, 0.05) is 69.9 Å². The molecule has 2 saturated heterocycles. The molecule has 230 valence electrons. The highest BCUT2D eigenvalue weighted by atomic mass is 35.5. The van der Waals surface area contributed by atoms with E-state index in [2.05, 4.69) is 30.3 Å². The van der Waals surface area contributed by atoms with Gasteiger partial charge in [0.25, 0.3) is 5.91 Å². The van der Waals surface area contributed by atoms with Crippen molar-refractivity contribution in [2.45, 2.75) is 64.0 Å². The van der Waals surface area contributed by atoms with Gasteiger partial charge < -0.3 is 15.1 Å². The molecule has 1 aliphatic carbocycles. The summed E-state index contributed by atoms with van der Waals surface area (Å²) in [7, 11) is 0. The SMILES string of the molecule is CC(=O)NC1CCN(c2ncc(C(=O)Nc3nc(-c4cc(Cl)cs4)c(N4CCN(C5CCCCC5)CC4)s3)cc2Cl)CC1. The largest absolute Gasteiger partial charge is 0.359 e. The quantitative estimate of drug-likeness (QED) is 0.303. The van der Waals surface area contributed by atoms with E-state index in [1.54, 1.807) is 30.5 Å². The number of piperidine rings is 1. The van der Waals surface area contributed by atoms with Gasteiger partial charge >= 0.3 is 0 Å². The number of hydrogen-bond acceptors (Lipinski definition) is 9. The number of halogens is 2. The van der Waals surface area contributed by atoms with Crippen molar-refractivity contribution in [3.8, 4) is 10.6 Å². The zero-order valence-corrected chi connectivity index (χ0v) is 27.4. The molecule has 3 aromatic rings. The Balaban J connectivity index is 1.14. The van der Waals surface area contributed by atoms with E-state index >= 15 is 0 Å². The van der Waals surface area contributed by atoms with E-state index in [1.165, 1.54) is 43.4 Å². The Hall–Kier alpha value is -2.44. The minimum absolute atomic E-state index is 0.0131. The second kappa shape index (κ2) is 13.7. The van der Waals surface area contributed by atoms with Gasteiger partial charge in [-0.15, -0.1) is 11.3 Å². The van der Waals surface area contributed by atoms with Gasteiger partial charge in [-0.05, 0) is 37.8 Å². The van der Waals surface area contributed by atoms with Crippen molar-refractivity contribution in [2.24, 2.45) is 0 Å². The molecular weight excluding hydrogens is 625 g/mol. The number of rotatable bonds is 7. The molecule has 0 bridgehead atoms. The minimum Gasteiger partial charge on any atom is -0.359 e. The van der Waals surface area contributed by atoms with Crippen LogP contribution in [0.3, 0.4) is 0 Å². The standard InChI is InChI=1S/C30H37Cl2N7O2S2/c1-19(40)34-22-7-9-38(10-8-22)27-24(32)15-20(17-33-27)28(41)36-30-35-26(25-16-21(31)18-42-25)29(43-30)39-13-11-37(12-14-39)23-5-3-2-4-6-23/h15-18,22-23H,2-14H2,1H3,(H,34,40)(H,35,36,41). The lowest BCUT2D eigenvalue weighted by Crippen LogP contribution is -2.50. The van der Waals surface area contributed by atoms with E-state index in [4.69, 9.17) is 28.2 Å². The zero-order chi connectivity index (χ0) is 29.9. The molecule has 2 N–H and O–H groups in total. The maximum Gasteiger partial charge on any atom is 0.259 e. The molecule has 43 heavy (non-hydrogen) atoms. The van der Waals surface area contributed by atoms with E-state index in [0.29, 0.717) is 32.6 Å². The minimum atomic E-state index is -0.302. The number of pyridine rings is 1. The van der Waals surface area contributed by atoms with Gasteiger partial charge in [-0.1, -0.05) is 53.8 Å². The van der Waals surface area contributed by atoms with Crippen LogP contribution in [0.2, 0.25) is 10.0 Å². The molecule has 9 nitrogen and oxygen atoms in total. The highest BCUT2D eigenvalue weighted by Crippen LogP contribution is 2.42. The predicted molar refractivity (Wildman–Crippen MR) is 177 cm³/mol. The summed E-state index contributed by atoms with van der Waals surface area (Å²) >= 11 is 16.0. The van der Waals surface area contributed by atoms with Crippen molar-refractivity contribution in [2.75, 3.05) is 54.4 Å². The van der Waals surface area contributed by atoms with Crippen LogP contribution in [0.15, 0.2) is 23.7 Å². The number of thiophene rings is 1. The fraction of sp³-hybridized carbons (Fsp3) is 0.533. The van der Waals surface area contributed by atoms with E-state index in [0.717, 1.165) is 67.7 Å². The molecule has 3 fully saturated rings. The Bertz CT molecular complexity index is 1440. The first kappa shape index (κ1) is 30.6. The maximum absolute atomic E-state index is 13.3. The van der Waals surface area contributed by atoms with E-state index in [1.807, 2.05) is 11.4 Å². The van der Waals surface area contributed by atoms with Crippen molar-refractivity contribution < 1.29 is 9.59 Å².